The summed E-state index contributed by atoms with van der Waals surface area (Å²) in [5.74, 6) is -13.7. The first-order chi connectivity index (χ1) is 29.1. The Bertz CT molecular complexity index is 2940. The third-order valence-electron chi connectivity index (χ3n) is 7.42. The minimum absolute atomic E-state index is 0. The van der Waals surface area contributed by atoms with E-state index in [0.29, 0.717) is 27.7 Å². The number of aromatic nitrogens is 4. The van der Waals surface area contributed by atoms with Gasteiger partial charge in [0, 0.05) is 22.9 Å². The largest absolute Gasteiger partial charge is 1.00 e. The summed E-state index contributed by atoms with van der Waals surface area (Å²) >= 11 is 23.4. The van der Waals surface area contributed by atoms with Crippen molar-refractivity contribution in [2.75, 3.05) is 5.73 Å². The van der Waals surface area contributed by atoms with Crippen LogP contribution < -0.4 is 28.8 Å². The van der Waals surface area contributed by atoms with E-state index in [9.17, 15) is 38.8 Å². The van der Waals surface area contributed by atoms with Crippen molar-refractivity contribution in [2.24, 2.45) is 0 Å². The first-order valence-corrected chi connectivity index (χ1v) is 29.0. The Kier molecular flexibility index (Phi) is 18.9. The van der Waals surface area contributed by atoms with Crippen molar-refractivity contribution in [3.05, 3.63) is 133 Å². The number of benzene rings is 3. The zero-order chi connectivity index (χ0) is 47.2. The molecular formula is C37H34Cl4F5LiN6O7S2Si2. The number of hydrogen-bond acceptors (Lipinski definition) is 12. The number of anilines is 1. The van der Waals surface area contributed by atoms with Gasteiger partial charge in [0.05, 0.1) is 10.6 Å². The monoisotopic (exact) mass is 1040 g/mol. The second kappa shape index (κ2) is 22.1. The van der Waals surface area contributed by atoms with Crippen LogP contribution in [0.25, 0.3) is 26.2 Å². The number of hydrogen-bond donors (Lipinski definition) is 1. The summed E-state index contributed by atoms with van der Waals surface area (Å²) in [5, 5.41) is 9.00. The van der Waals surface area contributed by atoms with Crippen LogP contribution in [0.2, 0.25) is 59.9 Å². The number of halogens is 9. The fourth-order valence-corrected chi connectivity index (χ4v) is 16.6. The summed E-state index contributed by atoms with van der Waals surface area (Å²) in [7, 11) is -10.7. The van der Waals surface area contributed by atoms with Gasteiger partial charge >= 0.3 is 29.0 Å². The molecule has 0 aliphatic carbocycles. The molecule has 0 spiro atoms. The van der Waals surface area contributed by atoms with Gasteiger partial charge in [-0.2, -0.15) is 17.2 Å². The van der Waals surface area contributed by atoms with E-state index in [2.05, 4.69) is 72.8 Å². The van der Waals surface area contributed by atoms with Crippen molar-refractivity contribution in [3.63, 3.8) is 0 Å². The number of nitrogens with zero attached hydrogens (tertiary/aromatic N) is 5. The quantitative estimate of drug-likeness (QED) is 0.0380. The van der Waals surface area contributed by atoms with Gasteiger partial charge in [0.15, 0.2) is 15.7 Å². The molecule has 64 heavy (non-hydrogen) atoms. The maximum absolute atomic E-state index is 13.7. The van der Waals surface area contributed by atoms with Crippen LogP contribution in [0.1, 0.15) is 5.69 Å². The molecule has 4 heterocycles. The molecule has 0 saturated heterocycles. The van der Waals surface area contributed by atoms with Gasteiger partial charge in [0.1, 0.15) is 43.8 Å². The van der Waals surface area contributed by atoms with Crippen LogP contribution in [0, 0.1) is 29.1 Å². The SMILES string of the molecule is C[Si](C)(C)[N-][Si](C)(C)C.Nc1ccon1.O=S(=O)(Cc1ccon1)c1ccc2c(Cl)nc(Cl)cc2c1.O=S(=O)(Oc1c(F)c(F)c(F)c(F)c1F)c1ccc2c(Cl)nc(Cl)cc2c1.[Li+]. The minimum atomic E-state index is -4.96. The molecule has 0 aliphatic rings. The van der Waals surface area contributed by atoms with Crippen molar-refractivity contribution >= 4 is 110 Å². The smallest absolute Gasteiger partial charge is 0.668 e. The zero-order valence-electron chi connectivity index (χ0n) is 34.5. The van der Waals surface area contributed by atoms with Gasteiger partial charge in [0.25, 0.3) is 0 Å². The predicted octanol–water partition coefficient (Wildman–Crippen LogP) is 8.80. The van der Waals surface area contributed by atoms with Gasteiger partial charge < -0.3 is 23.6 Å². The molecule has 7 rings (SSSR count). The number of fused-ring (bicyclic) bond motifs is 2. The fraction of sp³-hybridized carbons (Fsp3) is 0.189. The van der Waals surface area contributed by atoms with E-state index in [1.54, 1.807) is 18.2 Å². The van der Waals surface area contributed by atoms with Gasteiger partial charge in [0.2, 0.25) is 34.8 Å². The number of pyridine rings is 2. The van der Waals surface area contributed by atoms with Gasteiger partial charge in [-0.05, 0) is 59.3 Å². The Morgan fingerprint density at radius 1 is 0.641 bits per heavy atom. The molecule has 0 bridgehead atoms. The molecule has 7 aromatic rings. The minimum Gasteiger partial charge on any atom is -0.668 e. The third-order valence-corrected chi connectivity index (χ3v) is 16.6. The maximum atomic E-state index is 13.7. The van der Waals surface area contributed by atoms with Crippen molar-refractivity contribution in [3.8, 4) is 5.75 Å². The first kappa shape index (κ1) is 54.5. The standard InChI is InChI=1S/C15H4Cl2F5NO3S.C13H8Cl2N2O3S.C6H18NSi2.C3H4N2O.Li/c16-8-4-5-3-6(1-2-7(5)15(17)23-8)27(24,25)26-14-12(21)10(19)9(18)11(20)13(14)22;14-12-6-8-5-10(1-2-11(8)13(15)16-12)21(18,19)7-9-3-4-20-17-9;1-8(2,3)7-9(4,5)6;4-3-1-2-6-5-3;/h1-4H;1-6H,7H2;1-6H3;1-2H,(H2,4,5);/q;;-1;;+1. The number of sulfone groups is 1. The molecule has 0 radical (unpaired) electrons. The molecule has 0 amide bonds. The van der Waals surface area contributed by atoms with Crippen LogP contribution in [0.5, 0.6) is 5.75 Å². The van der Waals surface area contributed by atoms with Crippen molar-refractivity contribution in [1.29, 1.82) is 0 Å². The molecule has 2 N–H and O–H groups in total. The summed E-state index contributed by atoms with van der Waals surface area (Å²) < 4.78 is 134. The molecule has 0 fully saturated rings. The summed E-state index contributed by atoms with van der Waals surface area (Å²) in [6.45, 7) is 13.8. The maximum Gasteiger partial charge on any atom is 1.00 e. The number of nitrogens with two attached hydrogens (primary N) is 1. The second-order valence-corrected chi connectivity index (χ2v) is 29.4. The summed E-state index contributed by atoms with van der Waals surface area (Å²) in [5.41, 5.74) is 5.42. The van der Waals surface area contributed by atoms with Crippen LogP contribution in [0.4, 0.5) is 27.8 Å². The molecule has 4 aromatic heterocycles. The van der Waals surface area contributed by atoms with Gasteiger partial charge in [-0.1, -0.05) is 112 Å². The van der Waals surface area contributed by atoms with E-state index in [-0.39, 0.29) is 55.5 Å². The summed E-state index contributed by atoms with van der Waals surface area (Å²) in [4.78, 5) is 7.18. The van der Waals surface area contributed by atoms with Crippen LogP contribution in [-0.4, -0.2) is 53.6 Å². The predicted molar refractivity (Wildman–Crippen MR) is 236 cm³/mol. The Balaban J connectivity index is 0.000000259. The first-order valence-electron chi connectivity index (χ1n) is 17.6. The molecule has 338 valence electrons. The summed E-state index contributed by atoms with van der Waals surface area (Å²) in [6.07, 6.45) is 2.76. The van der Waals surface area contributed by atoms with Gasteiger partial charge in [-0.3, -0.25) is 0 Å². The van der Waals surface area contributed by atoms with Gasteiger partial charge in [-0.15, -0.1) is 0 Å². The molecule has 3 aromatic carbocycles. The van der Waals surface area contributed by atoms with E-state index in [0.717, 1.165) is 12.1 Å². The normalized spacial score (nSPS) is 11.7. The van der Waals surface area contributed by atoms with Crippen LogP contribution in [0.3, 0.4) is 0 Å². The van der Waals surface area contributed by atoms with E-state index >= 15 is 0 Å². The van der Waals surface area contributed by atoms with Crippen LogP contribution in [-0.2, 0) is 25.7 Å². The Morgan fingerprint density at radius 3 is 1.47 bits per heavy atom. The fourth-order valence-electron chi connectivity index (χ4n) is 5.31. The second-order valence-electron chi connectivity index (χ2n) is 14.8. The zero-order valence-corrected chi connectivity index (χ0v) is 41.2. The van der Waals surface area contributed by atoms with Crippen molar-refractivity contribution < 1.29 is 70.9 Å². The van der Waals surface area contributed by atoms with Crippen LogP contribution >= 0.6 is 46.4 Å². The van der Waals surface area contributed by atoms with E-state index in [1.807, 2.05) is 0 Å². The van der Waals surface area contributed by atoms with E-state index in [4.69, 9.17) is 56.8 Å². The summed E-state index contributed by atoms with van der Waals surface area (Å²) in [6, 6.07) is 13.7. The van der Waals surface area contributed by atoms with E-state index < -0.39 is 76.2 Å². The number of rotatable bonds is 8. The third kappa shape index (κ3) is 15.1. The average molecular weight is 1040 g/mol. The Labute approximate surface area is 398 Å². The molecular weight excluding hydrogens is 1000 g/mol. The Morgan fingerprint density at radius 2 is 1.08 bits per heavy atom. The molecule has 13 nitrogen and oxygen atoms in total. The van der Waals surface area contributed by atoms with E-state index in [1.165, 1.54) is 42.9 Å². The van der Waals surface area contributed by atoms with Crippen molar-refractivity contribution in [2.45, 2.75) is 54.8 Å². The van der Waals surface area contributed by atoms with Gasteiger partial charge in [-0.25, -0.2) is 31.6 Å². The van der Waals surface area contributed by atoms with Crippen LogP contribution in [0.15, 0.2) is 92.0 Å². The molecule has 0 aliphatic heterocycles. The molecule has 0 saturated carbocycles. The number of nitrogen functional groups attached to an aromatic ring is 1. The Hall–Kier alpha value is -3.80. The molecule has 0 unspecified atom stereocenters. The molecule has 0 atom stereocenters. The topological polar surface area (TPSA) is 195 Å². The molecule has 27 heteroatoms. The van der Waals surface area contributed by atoms with Crippen molar-refractivity contribution in [1.82, 2.24) is 20.3 Å². The average Bonchev–Trinajstić information content (AvgIpc) is 3.87.